The van der Waals surface area contributed by atoms with Crippen LogP contribution in [0.4, 0.5) is 0 Å². The van der Waals surface area contributed by atoms with Crippen molar-refractivity contribution in [3.63, 3.8) is 0 Å². The molecule has 1 N–H and O–H groups in total. The molecule has 19 heavy (non-hydrogen) atoms. The summed E-state index contributed by atoms with van der Waals surface area (Å²) in [6, 6.07) is 8.66. The number of ether oxygens (including phenoxy) is 1. The van der Waals surface area contributed by atoms with Gasteiger partial charge in [-0.1, -0.05) is 19.1 Å². The number of nitrogens with one attached hydrogen (secondary N) is 1. The molecule has 1 rings (SSSR count). The monoisotopic (exact) mass is 281 g/mol. The number of carbonyl (C=O) groups is 1. The largest absolute Gasteiger partial charge is 0.462 e. The standard InChI is InChI=1S/C15H23NO2S/c1-5-16-12(4)13-6-8-14(9-7-13)19-10-15(17)18-11(2)3/h6-9,11-12,16H,5,10H2,1-4H3. The smallest absolute Gasteiger partial charge is 0.316 e. The van der Waals surface area contributed by atoms with Gasteiger partial charge in [-0.15, -0.1) is 11.8 Å². The van der Waals surface area contributed by atoms with Crippen LogP contribution in [0.1, 0.15) is 39.3 Å². The molecular weight excluding hydrogens is 258 g/mol. The quantitative estimate of drug-likeness (QED) is 0.614. The molecule has 0 bridgehead atoms. The second kappa shape index (κ2) is 8.23. The fraction of sp³-hybridized carbons (Fsp3) is 0.533. The lowest BCUT2D eigenvalue weighted by Gasteiger charge is -2.13. The summed E-state index contributed by atoms with van der Waals surface area (Å²) in [6.45, 7) is 8.92. The van der Waals surface area contributed by atoms with Gasteiger partial charge in [0.25, 0.3) is 0 Å². The second-order valence-corrected chi connectivity index (χ2v) is 5.72. The highest BCUT2D eigenvalue weighted by atomic mass is 32.2. The van der Waals surface area contributed by atoms with Crippen LogP contribution in [-0.2, 0) is 9.53 Å². The number of rotatable bonds is 7. The zero-order valence-corrected chi connectivity index (χ0v) is 12.9. The van der Waals surface area contributed by atoms with Gasteiger partial charge in [0, 0.05) is 10.9 Å². The van der Waals surface area contributed by atoms with E-state index >= 15 is 0 Å². The summed E-state index contributed by atoms with van der Waals surface area (Å²) in [4.78, 5) is 12.5. The summed E-state index contributed by atoms with van der Waals surface area (Å²) in [6.07, 6.45) is -0.0450. The molecule has 1 unspecified atom stereocenters. The molecule has 0 saturated carbocycles. The van der Waals surface area contributed by atoms with E-state index in [9.17, 15) is 4.79 Å². The van der Waals surface area contributed by atoms with E-state index in [1.807, 2.05) is 13.8 Å². The Balaban J connectivity index is 2.46. The Hall–Kier alpha value is -1.00. The van der Waals surface area contributed by atoms with Gasteiger partial charge in [-0.2, -0.15) is 0 Å². The molecule has 3 nitrogen and oxygen atoms in total. The van der Waals surface area contributed by atoms with Crippen LogP contribution < -0.4 is 5.32 Å². The van der Waals surface area contributed by atoms with Gasteiger partial charge >= 0.3 is 5.97 Å². The Kier molecular flexibility index (Phi) is 6.95. The van der Waals surface area contributed by atoms with Crippen LogP contribution in [0.2, 0.25) is 0 Å². The minimum Gasteiger partial charge on any atom is -0.462 e. The highest BCUT2D eigenvalue weighted by Crippen LogP contribution is 2.21. The Bertz CT molecular complexity index is 390. The normalized spacial score (nSPS) is 12.5. The van der Waals surface area contributed by atoms with E-state index < -0.39 is 0 Å². The molecule has 0 radical (unpaired) electrons. The van der Waals surface area contributed by atoms with E-state index in [1.54, 1.807) is 0 Å². The molecule has 1 aromatic carbocycles. The van der Waals surface area contributed by atoms with E-state index in [4.69, 9.17) is 4.74 Å². The number of esters is 1. The van der Waals surface area contributed by atoms with Crippen LogP contribution in [0.3, 0.4) is 0 Å². The molecule has 0 aliphatic carbocycles. The van der Waals surface area contributed by atoms with Crippen molar-refractivity contribution in [3.8, 4) is 0 Å². The number of benzene rings is 1. The molecule has 0 heterocycles. The van der Waals surface area contributed by atoms with Crippen molar-refractivity contribution < 1.29 is 9.53 Å². The lowest BCUT2D eigenvalue weighted by atomic mass is 10.1. The maximum Gasteiger partial charge on any atom is 0.316 e. The summed E-state index contributed by atoms with van der Waals surface area (Å²) in [5.41, 5.74) is 1.26. The average Bonchev–Trinajstić information content (AvgIpc) is 2.36. The number of hydrogen-bond donors (Lipinski definition) is 1. The molecule has 1 aromatic rings. The SMILES string of the molecule is CCNC(C)c1ccc(SCC(=O)OC(C)C)cc1. The maximum absolute atomic E-state index is 11.4. The van der Waals surface area contributed by atoms with E-state index in [0.29, 0.717) is 11.8 Å². The Morgan fingerprint density at radius 1 is 1.26 bits per heavy atom. The van der Waals surface area contributed by atoms with Crippen molar-refractivity contribution in [2.75, 3.05) is 12.3 Å². The third kappa shape index (κ3) is 6.12. The predicted octanol–water partition coefficient (Wildman–Crippen LogP) is 3.40. The first-order chi connectivity index (χ1) is 9.02. The first-order valence-electron chi connectivity index (χ1n) is 6.68. The van der Waals surface area contributed by atoms with Crippen molar-refractivity contribution in [2.45, 2.75) is 44.7 Å². The van der Waals surface area contributed by atoms with Crippen molar-refractivity contribution in [1.29, 1.82) is 0 Å². The third-order valence-electron chi connectivity index (χ3n) is 2.61. The number of carbonyl (C=O) groups excluding carboxylic acids is 1. The first-order valence-corrected chi connectivity index (χ1v) is 7.67. The minimum absolute atomic E-state index is 0.0450. The van der Waals surface area contributed by atoms with E-state index in [2.05, 4.69) is 43.4 Å². The molecule has 0 spiro atoms. The molecule has 0 aliphatic heterocycles. The predicted molar refractivity (Wildman–Crippen MR) is 80.5 cm³/mol. The lowest BCUT2D eigenvalue weighted by Crippen LogP contribution is -2.17. The molecule has 0 aliphatic rings. The van der Waals surface area contributed by atoms with Crippen LogP contribution >= 0.6 is 11.8 Å². The van der Waals surface area contributed by atoms with E-state index in [1.165, 1.54) is 17.3 Å². The van der Waals surface area contributed by atoms with Gasteiger partial charge in [0.1, 0.15) is 0 Å². The van der Waals surface area contributed by atoms with Gasteiger partial charge in [0.05, 0.1) is 11.9 Å². The summed E-state index contributed by atoms with van der Waals surface area (Å²) < 4.78 is 5.10. The molecule has 106 valence electrons. The highest BCUT2D eigenvalue weighted by Gasteiger charge is 2.07. The van der Waals surface area contributed by atoms with Gasteiger partial charge in [-0.25, -0.2) is 0 Å². The van der Waals surface area contributed by atoms with E-state index in [0.717, 1.165) is 11.4 Å². The van der Waals surface area contributed by atoms with Gasteiger partial charge < -0.3 is 10.1 Å². The minimum atomic E-state index is -0.162. The Labute approximate surface area is 120 Å². The first kappa shape index (κ1) is 16.1. The molecule has 0 saturated heterocycles. The second-order valence-electron chi connectivity index (χ2n) is 4.68. The van der Waals surface area contributed by atoms with Crippen LogP contribution in [0, 0.1) is 0 Å². The fourth-order valence-corrected chi connectivity index (χ4v) is 2.40. The summed E-state index contributed by atoms with van der Waals surface area (Å²) in [7, 11) is 0. The van der Waals surface area contributed by atoms with Gasteiger partial charge in [0.2, 0.25) is 0 Å². The molecule has 1 atom stereocenters. The topological polar surface area (TPSA) is 38.3 Å². The van der Waals surface area contributed by atoms with Crippen LogP contribution in [0.15, 0.2) is 29.2 Å². The molecule has 4 heteroatoms. The summed E-state index contributed by atoms with van der Waals surface area (Å²) in [5.74, 6) is 0.199. The fourth-order valence-electron chi connectivity index (χ4n) is 1.72. The van der Waals surface area contributed by atoms with Gasteiger partial charge in [-0.05, 0) is 45.0 Å². The lowest BCUT2D eigenvalue weighted by molar-refractivity contribution is -0.144. The number of hydrogen-bond acceptors (Lipinski definition) is 4. The molecule has 0 amide bonds. The molecule has 0 aromatic heterocycles. The average molecular weight is 281 g/mol. The highest BCUT2D eigenvalue weighted by molar-refractivity contribution is 8.00. The summed E-state index contributed by atoms with van der Waals surface area (Å²) >= 11 is 1.51. The van der Waals surface area contributed by atoms with Gasteiger partial charge in [0.15, 0.2) is 0 Å². The van der Waals surface area contributed by atoms with Gasteiger partial charge in [-0.3, -0.25) is 4.79 Å². The zero-order chi connectivity index (χ0) is 14.3. The third-order valence-corrected chi connectivity index (χ3v) is 3.60. The molecular formula is C15H23NO2S. The van der Waals surface area contributed by atoms with E-state index in [-0.39, 0.29) is 12.1 Å². The van der Waals surface area contributed by atoms with Crippen molar-refractivity contribution >= 4 is 17.7 Å². The van der Waals surface area contributed by atoms with Crippen LogP contribution in [0.25, 0.3) is 0 Å². The van der Waals surface area contributed by atoms with Crippen molar-refractivity contribution in [1.82, 2.24) is 5.32 Å². The van der Waals surface area contributed by atoms with Crippen molar-refractivity contribution in [3.05, 3.63) is 29.8 Å². The van der Waals surface area contributed by atoms with Crippen molar-refractivity contribution in [2.24, 2.45) is 0 Å². The Morgan fingerprint density at radius 2 is 1.89 bits per heavy atom. The van der Waals surface area contributed by atoms with Crippen LogP contribution in [-0.4, -0.2) is 24.4 Å². The zero-order valence-electron chi connectivity index (χ0n) is 12.1. The molecule has 0 fully saturated rings. The summed E-state index contributed by atoms with van der Waals surface area (Å²) in [5, 5.41) is 3.37. The maximum atomic E-state index is 11.4. The van der Waals surface area contributed by atoms with Crippen LogP contribution in [0.5, 0.6) is 0 Å². The Morgan fingerprint density at radius 3 is 2.42 bits per heavy atom. The number of thioether (sulfide) groups is 1.